The van der Waals surface area contributed by atoms with Crippen molar-refractivity contribution in [2.24, 2.45) is 0 Å². The van der Waals surface area contributed by atoms with Crippen LogP contribution in [0.3, 0.4) is 0 Å². The Morgan fingerprint density at radius 1 is 1.23 bits per heavy atom. The third-order valence-electron chi connectivity index (χ3n) is 6.31. The third kappa shape index (κ3) is 5.86. The second-order valence-electron chi connectivity index (χ2n) is 9.11. The van der Waals surface area contributed by atoms with Crippen molar-refractivity contribution in [3.8, 4) is 22.8 Å². The molecule has 186 valence electrons. The molecule has 1 aromatic heterocycles. The first-order valence-corrected chi connectivity index (χ1v) is 11.8. The normalized spacial score (nSPS) is 16.1. The lowest BCUT2D eigenvalue weighted by atomic mass is 10.00. The predicted molar refractivity (Wildman–Crippen MR) is 130 cm³/mol. The van der Waals surface area contributed by atoms with Crippen molar-refractivity contribution in [2.45, 2.75) is 45.4 Å². The minimum absolute atomic E-state index is 0.146. The van der Waals surface area contributed by atoms with Crippen molar-refractivity contribution < 1.29 is 23.6 Å². The van der Waals surface area contributed by atoms with Gasteiger partial charge in [-0.3, -0.25) is 9.69 Å². The molecule has 1 aliphatic heterocycles. The number of hydrogen-bond donors (Lipinski definition) is 1. The van der Waals surface area contributed by atoms with Crippen LogP contribution in [0.4, 0.5) is 10.1 Å². The van der Waals surface area contributed by atoms with Crippen molar-refractivity contribution in [3.63, 3.8) is 0 Å². The SMILES string of the molecule is COCc1cc(-c2nc(-c3ccc(F)c(CN(C)CC(=O)O)c3)no2)ccc1N1CCCCC1C. The fourth-order valence-electron chi connectivity index (χ4n) is 4.60. The zero-order valence-electron chi connectivity index (χ0n) is 20.3. The third-order valence-corrected chi connectivity index (χ3v) is 6.31. The molecule has 8 nitrogen and oxygen atoms in total. The Morgan fingerprint density at radius 3 is 2.74 bits per heavy atom. The molecule has 2 heterocycles. The molecule has 1 saturated heterocycles. The smallest absolute Gasteiger partial charge is 0.317 e. The Morgan fingerprint density at radius 2 is 2.00 bits per heavy atom. The molecule has 1 unspecified atom stereocenters. The number of carbonyl (C=O) groups is 1. The van der Waals surface area contributed by atoms with E-state index in [0.717, 1.165) is 23.4 Å². The number of anilines is 1. The summed E-state index contributed by atoms with van der Waals surface area (Å²) in [5, 5.41) is 13.1. The van der Waals surface area contributed by atoms with E-state index in [9.17, 15) is 9.18 Å². The van der Waals surface area contributed by atoms with E-state index in [1.54, 1.807) is 26.3 Å². The van der Waals surface area contributed by atoms with Crippen molar-refractivity contribution in [3.05, 3.63) is 53.3 Å². The molecule has 0 bridgehead atoms. The Bertz CT molecular complexity index is 1180. The van der Waals surface area contributed by atoms with Gasteiger partial charge in [0.2, 0.25) is 5.82 Å². The molecule has 1 fully saturated rings. The van der Waals surface area contributed by atoms with Crippen LogP contribution in [0.25, 0.3) is 22.8 Å². The van der Waals surface area contributed by atoms with Crippen molar-refractivity contribution in [1.29, 1.82) is 0 Å². The minimum Gasteiger partial charge on any atom is -0.480 e. The largest absolute Gasteiger partial charge is 0.480 e. The lowest BCUT2D eigenvalue weighted by Gasteiger charge is -2.36. The molecule has 0 radical (unpaired) electrons. The summed E-state index contributed by atoms with van der Waals surface area (Å²) in [7, 11) is 3.31. The first-order valence-electron chi connectivity index (χ1n) is 11.8. The molecular weight excluding hydrogens is 451 g/mol. The number of carboxylic acid groups (broad SMARTS) is 1. The van der Waals surface area contributed by atoms with Crippen LogP contribution in [-0.2, 0) is 22.7 Å². The number of likely N-dealkylation sites (N-methyl/N-ethyl adjacent to an activating group) is 1. The van der Waals surface area contributed by atoms with Crippen molar-refractivity contribution in [1.82, 2.24) is 15.0 Å². The number of hydrogen-bond acceptors (Lipinski definition) is 7. The molecule has 35 heavy (non-hydrogen) atoms. The Balaban J connectivity index is 1.59. The highest BCUT2D eigenvalue weighted by Gasteiger charge is 2.22. The number of nitrogens with zero attached hydrogens (tertiary/aromatic N) is 4. The molecule has 2 aromatic carbocycles. The molecule has 3 aromatic rings. The minimum atomic E-state index is -0.972. The average Bonchev–Trinajstić information content (AvgIpc) is 3.31. The van der Waals surface area contributed by atoms with E-state index in [2.05, 4.69) is 28.0 Å². The highest BCUT2D eigenvalue weighted by Crippen LogP contribution is 2.32. The number of aromatic nitrogens is 2. The van der Waals surface area contributed by atoms with Gasteiger partial charge in [-0.15, -0.1) is 0 Å². The van der Waals surface area contributed by atoms with Crippen LogP contribution < -0.4 is 4.90 Å². The van der Waals surface area contributed by atoms with Crippen LogP contribution in [0.2, 0.25) is 0 Å². The van der Waals surface area contributed by atoms with E-state index in [0.29, 0.717) is 35.5 Å². The van der Waals surface area contributed by atoms with Crippen LogP contribution in [0.5, 0.6) is 0 Å². The second kappa shape index (κ2) is 11.0. The topological polar surface area (TPSA) is 91.9 Å². The van der Waals surface area contributed by atoms with E-state index in [4.69, 9.17) is 14.4 Å². The molecule has 1 aliphatic rings. The van der Waals surface area contributed by atoms with Gasteiger partial charge in [-0.25, -0.2) is 4.39 Å². The standard InChI is InChI=1S/C26H31FN4O4/c1-17-6-4-5-11-31(17)23-10-8-19(13-21(23)16-34-3)26-28-25(29-35-26)18-7-9-22(27)20(12-18)14-30(2)15-24(32)33/h7-10,12-13,17H,4-6,11,14-16H2,1-3H3,(H,32,33). The maximum Gasteiger partial charge on any atom is 0.317 e. The Labute approximate surface area is 204 Å². The zero-order chi connectivity index (χ0) is 24.9. The lowest BCUT2D eigenvalue weighted by molar-refractivity contribution is -0.138. The highest BCUT2D eigenvalue weighted by molar-refractivity contribution is 5.69. The van der Waals surface area contributed by atoms with Gasteiger partial charge in [-0.05, 0) is 69.6 Å². The van der Waals surface area contributed by atoms with Crippen molar-refractivity contribution >= 4 is 11.7 Å². The second-order valence-corrected chi connectivity index (χ2v) is 9.11. The van der Waals surface area contributed by atoms with Crippen LogP contribution in [-0.4, -0.2) is 59.4 Å². The Hall–Kier alpha value is -3.30. The summed E-state index contributed by atoms with van der Waals surface area (Å²) in [5.41, 5.74) is 3.96. The molecule has 0 saturated carbocycles. The van der Waals surface area contributed by atoms with Gasteiger partial charge in [-0.2, -0.15) is 4.98 Å². The van der Waals surface area contributed by atoms with E-state index < -0.39 is 11.8 Å². The maximum atomic E-state index is 14.3. The summed E-state index contributed by atoms with van der Waals surface area (Å²) in [6.07, 6.45) is 3.60. The fraction of sp³-hybridized carbons (Fsp3) is 0.423. The van der Waals surface area contributed by atoms with Crippen LogP contribution in [0, 0.1) is 5.82 Å². The molecule has 1 atom stereocenters. The molecular formula is C26H31FN4O4. The van der Waals surface area contributed by atoms with Gasteiger partial charge in [0.15, 0.2) is 0 Å². The quantitative estimate of drug-likeness (QED) is 0.474. The van der Waals surface area contributed by atoms with Gasteiger partial charge in [0.1, 0.15) is 5.82 Å². The molecule has 0 spiro atoms. The lowest BCUT2D eigenvalue weighted by Crippen LogP contribution is -2.38. The summed E-state index contributed by atoms with van der Waals surface area (Å²) in [4.78, 5) is 19.4. The number of ether oxygens (including phenoxy) is 1. The first-order chi connectivity index (χ1) is 16.9. The highest BCUT2D eigenvalue weighted by atomic mass is 19.1. The zero-order valence-corrected chi connectivity index (χ0v) is 20.3. The maximum absolute atomic E-state index is 14.3. The molecule has 9 heteroatoms. The number of halogens is 1. The fourth-order valence-corrected chi connectivity index (χ4v) is 4.60. The Kier molecular flexibility index (Phi) is 7.77. The molecule has 1 N–H and O–H groups in total. The predicted octanol–water partition coefficient (Wildman–Crippen LogP) is 4.58. The molecule has 0 amide bonds. The van der Waals surface area contributed by atoms with Crippen LogP contribution in [0.15, 0.2) is 40.9 Å². The van der Waals surface area contributed by atoms with Crippen molar-refractivity contribution in [2.75, 3.05) is 32.1 Å². The van der Waals surface area contributed by atoms with Crippen LogP contribution >= 0.6 is 0 Å². The van der Waals surface area contributed by atoms with Gasteiger partial charge >= 0.3 is 5.97 Å². The molecule has 4 rings (SSSR count). The number of piperidine rings is 1. The van der Waals surface area contributed by atoms with E-state index in [1.807, 2.05) is 12.1 Å². The summed E-state index contributed by atoms with van der Waals surface area (Å²) < 4.78 is 25.4. The number of benzene rings is 2. The number of rotatable bonds is 9. The number of carboxylic acids is 1. The number of methoxy groups -OCH3 is 1. The van der Waals surface area contributed by atoms with E-state index >= 15 is 0 Å². The molecule has 0 aliphatic carbocycles. The average molecular weight is 483 g/mol. The van der Waals surface area contributed by atoms with Gasteiger partial charge in [0.25, 0.3) is 5.89 Å². The monoisotopic (exact) mass is 482 g/mol. The first kappa shape index (κ1) is 24.8. The summed E-state index contributed by atoms with van der Waals surface area (Å²) >= 11 is 0. The van der Waals surface area contributed by atoms with E-state index in [-0.39, 0.29) is 13.1 Å². The summed E-state index contributed by atoms with van der Waals surface area (Å²) in [6, 6.07) is 11.1. The van der Waals surface area contributed by atoms with Gasteiger partial charge in [0, 0.05) is 54.2 Å². The van der Waals surface area contributed by atoms with Gasteiger partial charge < -0.3 is 19.3 Å². The van der Waals surface area contributed by atoms with Gasteiger partial charge in [-0.1, -0.05) is 5.16 Å². The van der Waals surface area contributed by atoms with Gasteiger partial charge in [0.05, 0.1) is 13.2 Å². The van der Waals surface area contributed by atoms with Crippen LogP contribution in [0.1, 0.15) is 37.3 Å². The summed E-state index contributed by atoms with van der Waals surface area (Å²) in [6.45, 7) is 3.71. The number of aliphatic carboxylic acids is 1. The van der Waals surface area contributed by atoms with E-state index in [1.165, 1.54) is 30.2 Å². The summed E-state index contributed by atoms with van der Waals surface area (Å²) in [5.74, 6) is -0.685.